The van der Waals surface area contributed by atoms with Gasteiger partial charge in [0.1, 0.15) is 0 Å². The normalized spacial score (nSPS) is 21.6. The van der Waals surface area contributed by atoms with Crippen molar-refractivity contribution in [3.63, 3.8) is 0 Å². The Hall–Kier alpha value is -1.12. The molecule has 0 bridgehead atoms. The van der Waals surface area contributed by atoms with Crippen molar-refractivity contribution in [2.45, 2.75) is 26.7 Å². The van der Waals surface area contributed by atoms with Crippen LogP contribution in [0.2, 0.25) is 0 Å². The summed E-state index contributed by atoms with van der Waals surface area (Å²) in [5, 5.41) is 0. The molecule has 1 aromatic rings. The Morgan fingerprint density at radius 2 is 2.14 bits per heavy atom. The van der Waals surface area contributed by atoms with Gasteiger partial charge in [-0.2, -0.15) is 0 Å². The van der Waals surface area contributed by atoms with Crippen LogP contribution in [0.5, 0.6) is 0 Å². The minimum absolute atomic E-state index is 0.833. The second-order valence-electron chi connectivity index (χ2n) is 4.07. The van der Waals surface area contributed by atoms with Crippen LogP contribution in [-0.4, -0.2) is 23.1 Å². The van der Waals surface area contributed by atoms with Crippen molar-refractivity contribution in [2.24, 2.45) is 5.92 Å². The molecule has 1 aromatic heterocycles. The van der Waals surface area contributed by atoms with E-state index in [0.717, 1.165) is 30.5 Å². The molecule has 0 aromatic carbocycles. The van der Waals surface area contributed by atoms with Gasteiger partial charge in [0.15, 0.2) is 0 Å². The minimum atomic E-state index is 0.833. The summed E-state index contributed by atoms with van der Waals surface area (Å²) in [6.45, 7) is 6.51. The van der Waals surface area contributed by atoms with E-state index >= 15 is 0 Å². The number of rotatable bonds is 2. The second kappa shape index (κ2) is 3.95. The summed E-state index contributed by atoms with van der Waals surface area (Å²) in [5.74, 6) is 1.73. The van der Waals surface area contributed by atoms with Gasteiger partial charge in [0.05, 0.1) is 0 Å². The van der Waals surface area contributed by atoms with E-state index in [9.17, 15) is 0 Å². The molecule has 3 nitrogen and oxygen atoms in total. The first kappa shape index (κ1) is 9.44. The van der Waals surface area contributed by atoms with Crippen molar-refractivity contribution in [2.75, 3.05) is 18.0 Å². The third-order valence-electron chi connectivity index (χ3n) is 2.91. The predicted octanol–water partition coefficient (Wildman–Crippen LogP) is 2.02. The summed E-state index contributed by atoms with van der Waals surface area (Å²) in [6, 6.07) is 0. The Labute approximate surface area is 85.2 Å². The van der Waals surface area contributed by atoms with Gasteiger partial charge in [0.2, 0.25) is 5.95 Å². The number of anilines is 1. The maximum atomic E-state index is 4.34. The van der Waals surface area contributed by atoms with Crippen LogP contribution in [0.4, 0.5) is 5.95 Å². The fourth-order valence-electron chi connectivity index (χ4n) is 1.90. The van der Waals surface area contributed by atoms with Crippen LogP contribution in [0.25, 0.3) is 0 Å². The van der Waals surface area contributed by atoms with Crippen LogP contribution in [0.15, 0.2) is 12.4 Å². The molecule has 0 amide bonds. The van der Waals surface area contributed by atoms with Gasteiger partial charge in [-0.3, -0.25) is 0 Å². The third kappa shape index (κ3) is 1.86. The lowest BCUT2D eigenvalue weighted by atomic mass is 10.1. The van der Waals surface area contributed by atoms with Crippen LogP contribution >= 0.6 is 0 Å². The van der Waals surface area contributed by atoms with E-state index in [0.29, 0.717) is 0 Å². The van der Waals surface area contributed by atoms with Crippen LogP contribution in [0, 0.1) is 12.8 Å². The predicted molar refractivity (Wildman–Crippen MR) is 57.4 cm³/mol. The highest BCUT2D eigenvalue weighted by atomic mass is 15.3. The zero-order valence-corrected chi connectivity index (χ0v) is 8.90. The van der Waals surface area contributed by atoms with Crippen molar-refractivity contribution < 1.29 is 0 Å². The average molecular weight is 191 g/mol. The molecule has 76 valence electrons. The van der Waals surface area contributed by atoms with Crippen molar-refractivity contribution in [3.8, 4) is 0 Å². The van der Waals surface area contributed by atoms with Crippen molar-refractivity contribution in [1.29, 1.82) is 0 Å². The first-order chi connectivity index (χ1) is 6.79. The number of nitrogens with zero attached hydrogens (tertiary/aromatic N) is 3. The van der Waals surface area contributed by atoms with Crippen molar-refractivity contribution in [1.82, 2.24) is 9.97 Å². The molecule has 14 heavy (non-hydrogen) atoms. The highest BCUT2D eigenvalue weighted by Gasteiger charge is 2.22. The van der Waals surface area contributed by atoms with Gasteiger partial charge < -0.3 is 4.90 Å². The van der Waals surface area contributed by atoms with Gasteiger partial charge in [-0.25, -0.2) is 9.97 Å². The minimum Gasteiger partial charge on any atom is -0.341 e. The molecule has 1 aliphatic rings. The van der Waals surface area contributed by atoms with Crippen LogP contribution < -0.4 is 4.90 Å². The lowest BCUT2D eigenvalue weighted by Gasteiger charge is -2.15. The van der Waals surface area contributed by atoms with Crippen LogP contribution in [0.1, 0.15) is 25.3 Å². The van der Waals surface area contributed by atoms with Crippen molar-refractivity contribution in [3.05, 3.63) is 18.0 Å². The topological polar surface area (TPSA) is 29.0 Å². The Balaban J connectivity index is 2.06. The summed E-state index contributed by atoms with van der Waals surface area (Å²) in [4.78, 5) is 11.0. The van der Waals surface area contributed by atoms with E-state index in [1.807, 2.05) is 19.3 Å². The van der Waals surface area contributed by atoms with E-state index in [2.05, 4.69) is 21.8 Å². The number of aromatic nitrogens is 2. The van der Waals surface area contributed by atoms with Gasteiger partial charge >= 0.3 is 0 Å². The molecule has 0 N–H and O–H groups in total. The molecule has 0 spiro atoms. The number of hydrogen-bond acceptors (Lipinski definition) is 3. The van der Waals surface area contributed by atoms with Gasteiger partial charge in [-0.15, -0.1) is 0 Å². The summed E-state index contributed by atoms with van der Waals surface area (Å²) in [6.07, 6.45) is 6.33. The quantitative estimate of drug-likeness (QED) is 0.716. The lowest BCUT2D eigenvalue weighted by Crippen LogP contribution is -2.21. The van der Waals surface area contributed by atoms with E-state index in [4.69, 9.17) is 0 Å². The summed E-state index contributed by atoms with van der Waals surface area (Å²) < 4.78 is 0. The monoisotopic (exact) mass is 191 g/mol. The van der Waals surface area contributed by atoms with E-state index in [1.165, 1.54) is 12.8 Å². The molecule has 1 fully saturated rings. The molecule has 0 aliphatic carbocycles. The Bertz CT molecular complexity index is 294. The van der Waals surface area contributed by atoms with Crippen LogP contribution in [-0.2, 0) is 0 Å². The van der Waals surface area contributed by atoms with E-state index in [-0.39, 0.29) is 0 Å². The van der Waals surface area contributed by atoms with Gasteiger partial charge in [0.25, 0.3) is 0 Å². The summed E-state index contributed by atoms with van der Waals surface area (Å²) in [7, 11) is 0. The van der Waals surface area contributed by atoms with Gasteiger partial charge in [-0.05, 0) is 24.8 Å². The first-order valence-electron chi connectivity index (χ1n) is 5.33. The molecule has 0 radical (unpaired) electrons. The summed E-state index contributed by atoms with van der Waals surface area (Å²) in [5.41, 5.74) is 1.12. The standard InChI is InChI=1S/C11H17N3/c1-3-10-4-5-14(8-10)11-12-6-9(2)7-13-11/h6-7,10H,3-5,8H2,1-2H3/t10-/m1/s1. The molecule has 0 unspecified atom stereocenters. The van der Waals surface area contributed by atoms with Crippen molar-refractivity contribution >= 4 is 5.95 Å². The largest absolute Gasteiger partial charge is 0.341 e. The average Bonchev–Trinajstić information content (AvgIpc) is 2.67. The first-order valence-corrected chi connectivity index (χ1v) is 5.33. The molecule has 1 saturated heterocycles. The molecular weight excluding hydrogens is 174 g/mol. The van der Waals surface area contributed by atoms with E-state index in [1.54, 1.807) is 0 Å². The summed E-state index contributed by atoms with van der Waals surface area (Å²) >= 11 is 0. The third-order valence-corrected chi connectivity index (χ3v) is 2.91. The molecule has 3 heteroatoms. The molecule has 1 aliphatic heterocycles. The lowest BCUT2D eigenvalue weighted by molar-refractivity contribution is 0.568. The molecule has 2 heterocycles. The Kier molecular flexibility index (Phi) is 2.66. The number of aryl methyl sites for hydroxylation is 1. The highest BCUT2D eigenvalue weighted by Crippen LogP contribution is 2.22. The Morgan fingerprint density at radius 3 is 2.71 bits per heavy atom. The molecular formula is C11H17N3. The zero-order chi connectivity index (χ0) is 9.97. The fourth-order valence-corrected chi connectivity index (χ4v) is 1.90. The van der Waals surface area contributed by atoms with Gasteiger partial charge in [-0.1, -0.05) is 13.3 Å². The zero-order valence-electron chi connectivity index (χ0n) is 8.90. The maximum Gasteiger partial charge on any atom is 0.225 e. The van der Waals surface area contributed by atoms with Crippen LogP contribution in [0.3, 0.4) is 0 Å². The maximum absolute atomic E-state index is 4.34. The Morgan fingerprint density at radius 1 is 1.43 bits per heavy atom. The number of hydrogen-bond donors (Lipinski definition) is 0. The van der Waals surface area contributed by atoms with Gasteiger partial charge in [0, 0.05) is 25.5 Å². The molecule has 2 rings (SSSR count). The highest BCUT2D eigenvalue weighted by molar-refractivity contribution is 5.31. The second-order valence-corrected chi connectivity index (χ2v) is 4.07. The fraction of sp³-hybridized carbons (Fsp3) is 0.636. The van der Waals surface area contributed by atoms with E-state index < -0.39 is 0 Å². The SMILES string of the molecule is CC[C@@H]1CCN(c2ncc(C)cn2)C1. The smallest absolute Gasteiger partial charge is 0.225 e. The molecule has 1 atom stereocenters. The molecule has 0 saturated carbocycles.